The van der Waals surface area contributed by atoms with E-state index in [-0.39, 0.29) is 12.7 Å². The van der Waals surface area contributed by atoms with E-state index in [9.17, 15) is 4.79 Å². The fourth-order valence-corrected chi connectivity index (χ4v) is 3.29. The molecule has 0 spiro atoms. The summed E-state index contributed by atoms with van der Waals surface area (Å²) < 4.78 is 10.8. The zero-order valence-corrected chi connectivity index (χ0v) is 17.9. The number of nitrogens with zero attached hydrogens (tertiary/aromatic N) is 2. The van der Waals surface area contributed by atoms with Crippen molar-refractivity contribution < 1.29 is 14.3 Å². The minimum atomic E-state index is 0.0699. The van der Waals surface area contributed by atoms with Crippen LogP contribution >= 0.6 is 0 Å². The van der Waals surface area contributed by atoms with Crippen LogP contribution in [0.15, 0.2) is 47.5 Å². The molecule has 1 aliphatic heterocycles. The second-order valence-electron chi connectivity index (χ2n) is 6.96. The van der Waals surface area contributed by atoms with E-state index in [0.29, 0.717) is 25.2 Å². The van der Waals surface area contributed by atoms with Crippen LogP contribution in [0, 0.1) is 0 Å². The van der Waals surface area contributed by atoms with Crippen LogP contribution < -0.4 is 20.1 Å². The van der Waals surface area contributed by atoms with Crippen LogP contribution in [0.3, 0.4) is 0 Å². The molecule has 0 aliphatic carbocycles. The normalized spacial score (nSPS) is 12.6. The Bertz CT molecular complexity index is 877. The number of benzene rings is 2. The van der Waals surface area contributed by atoms with Gasteiger partial charge in [-0.1, -0.05) is 18.2 Å². The van der Waals surface area contributed by atoms with Crippen molar-refractivity contribution in [1.82, 2.24) is 15.5 Å². The molecule has 0 saturated carbocycles. The largest absolute Gasteiger partial charge is 0.454 e. The van der Waals surface area contributed by atoms with Crippen LogP contribution in [-0.2, 0) is 13.0 Å². The highest BCUT2D eigenvalue weighted by Gasteiger charge is 2.13. The standard InChI is InChI=1S/C23H30N4O3/c1-4-27(5-2)22(28)19-9-6-18(7-10-19)15-26-23(24-3)25-13-12-17-8-11-20-21(14-17)30-16-29-20/h6-11,14H,4-5,12-13,15-16H2,1-3H3,(H2,24,25,26). The van der Waals surface area contributed by atoms with Crippen LogP contribution in [0.5, 0.6) is 11.5 Å². The maximum Gasteiger partial charge on any atom is 0.253 e. The molecular weight excluding hydrogens is 380 g/mol. The second-order valence-corrected chi connectivity index (χ2v) is 6.96. The number of rotatable bonds is 8. The summed E-state index contributed by atoms with van der Waals surface area (Å²) in [4.78, 5) is 18.5. The molecule has 0 bridgehead atoms. The number of guanidine groups is 1. The lowest BCUT2D eigenvalue weighted by Gasteiger charge is -2.18. The average molecular weight is 411 g/mol. The lowest BCUT2D eigenvalue weighted by atomic mass is 10.1. The molecule has 0 radical (unpaired) electrons. The van der Waals surface area contributed by atoms with Gasteiger partial charge in [-0.25, -0.2) is 0 Å². The van der Waals surface area contributed by atoms with E-state index >= 15 is 0 Å². The molecule has 7 heteroatoms. The number of nitrogens with one attached hydrogen (secondary N) is 2. The van der Waals surface area contributed by atoms with E-state index in [1.54, 1.807) is 7.05 Å². The monoisotopic (exact) mass is 410 g/mol. The molecule has 0 saturated heterocycles. The fourth-order valence-electron chi connectivity index (χ4n) is 3.29. The number of carbonyl (C=O) groups is 1. The van der Waals surface area contributed by atoms with Crippen molar-refractivity contribution in [2.75, 3.05) is 33.5 Å². The first-order chi connectivity index (χ1) is 14.6. The Balaban J connectivity index is 1.45. The van der Waals surface area contributed by atoms with Crippen LogP contribution in [0.25, 0.3) is 0 Å². The molecule has 2 N–H and O–H groups in total. The Hall–Kier alpha value is -3.22. The molecule has 1 aliphatic rings. The Morgan fingerprint density at radius 2 is 1.70 bits per heavy atom. The van der Waals surface area contributed by atoms with Crippen LogP contribution in [0.1, 0.15) is 35.3 Å². The van der Waals surface area contributed by atoms with Crippen molar-refractivity contribution in [3.05, 3.63) is 59.2 Å². The second kappa shape index (κ2) is 10.5. The molecule has 0 unspecified atom stereocenters. The van der Waals surface area contributed by atoms with Gasteiger partial charge in [0.15, 0.2) is 17.5 Å². The van der Waals surface area contributed by atoms with Crippen LogP contribution in [-0.4, -0.2) is 50.2 Å². The predicted molar refractivity (Wildman–Crippen MR) is 118 cm³/mol. The van der Waals surface area contributed by atoms with Gasteiger partial charge in [-0.05, 0) is 55.7 Å². The Labute approximate surface area is 178 Å². The van der Waals surface area contributed by atoms with Gasteiger partial charge >= 0.3 is 0 Å². The van der Waals surface area contributed by atoms with Crippen LogP contribution in [0.2, 0.25) is 0 Å². The van der Waals surface area contributed by atoms with Gasteiger partial charge in [-0.3, -0.25) is 9.79 Å². The van der Waals surface area contributed by atoms with E-state index in [2.05, 4.69) is 15.6 Å². The Morgan fingerprint density at radius 1 is 1.00 bits per heavy atom. The third-order valence-corrected chi connectivity index (χ3v) is 5.08. The summed E-state index contributed by atoms with van der Waals surface area (Å²) in [5, 5.41) is 6.63. The molecule has 0 fully saturated rings. The first kappa shape index (κ1) is 21.5. The number of carbonyl (C=O) groups excluding carboxylic acids is 1. The molecule has 1 amide bonds. The number of hydrogen-bond donors (Lipinski definition) is 2. The summed E-state index contributed by atoms with van der Waals surface area (Å²) in [7, 11) is 1.75. The van der Waals surface area contributed by atoms with E-state index in [1.807, 2.05) is 61.2 Å². The minimum absolute atomic E-state index is 0.0699. The van der Waals surface area contributed by atoms with E-state index in [0.717, 1.165) is 36.0 Å². The van der Waals surface area contributed by atoms with Gasteiger partial charge in [0.25, 0.3) is 5.91 Å². The van der Waals surface area contributed by atoms with Gasteiger partial charge in [0.2, 0.25) is 6.79 Å². The molecule has 1 heterocycles. The van der Waals surface area contributed by atoms with Gasteiger partial charge in [0.05, 0.1) is 0 Å². The summed E-state index contributed by atoms with van der Waals surface area (Å²) in [5.41, 5.74) is 2.98. The SMILES string of the molecule is CCN(CC)C(=O)c1ccc(CNC(=NC)NCCc2ccc3c(c2)OCO3)cc1. The molecule has 0 aromatic heterocycles. The quantitative estimate of drug-likeness (QED) is 0.517. The van der Waals surface area contributed by atoms with Crippen molar-refractivity contribution in [3.8, 4) is 11.5 Å². The van der Waals surface area contributed by atoms with Gasteiger partial charge in [0.1, 0.15) is 0 Å². The van der Waals surface area contributed by atoms with Gasteiger partial charge in [-0.15, -0.1) is 0 Å². The number of aliphatic imine (C=N–C) groups is 1. The lowest BCUT2D eigenvalue weighted by molar-refractivity contribution is 0.0773. The smallest absolute Gasteiger partial charge is 0.253 e. The summed E-state index contributed by atoms with van der Waals surface area (Å²) in [6.07, 6.45) is 0.847. The topological polar surface area (TPSA) is 75.2 Å². The number of amides is 1. The van der Waals surface area contributed by atoms with Gasteiger partial charge < -0.3 is 25.0 Å². The number of fused-ring (bicyclic) bond motifs is 1. The molecule has 2 aromatic rings. The van der Waals surface area contributed by atoms with Crippen molar-refractivity contribution in [2.24, 2.45) is 4.99 Å². The summed E-state index contributed by atoms with van der Waals surface area (Å²) in [6, 6.07) is 13.7. The van der Waals surface area contributed by atoms with Crippen molar-refractivity contribution >= 4 is 11.9 Å². The summed E-state index contributed by atoms with van der Waals surface area (Å²) in [5.74, 6) is 2.41. The highest BCUT2D eigenvalue weighted by Crippen LogP contribution is 2.32. The van der Waals surface area contributed by atoms with E-state index < -0.39 is 0 Å². The average Bonchev–Trinajstić information content (AvgIpc) is 3.25. The zero-order chi connectivity index (χ0) is 21.3. The maximum absolute atomic E-state index is 12.4. The van der Waals surface area contributed by atoms with Gasteiger partial charge in [-0.2, -0.15) is 0 Å². The van der Waals surface area contributed by atoms with E-state index in [1.165, 1.54) is 5.56 Å². The highest BCUT2D eigenvalue weighted by molar-refractivity contribution is 5.94. The molecule has 7 nitrogen and oxygen atoms in total. The van der Waals surface area contributed by atoms with Crippen LogP contribution in [0.4, 0.5) is 0 Å². The zero-order valence-electron chi connectivity index (χ0n) is 17.9. The third-order valence-electron chi connectivity index (χ3n) is 5.08. The highest BCUT2D eigenvalue weighted by atomic mass is 16.7. The molecule has 160 valence electrons. The van der Waals surface area contributed by atoms with Crippen molar-refractivity contribution in [3.63, 3.8) is 0 Å². The molecule has 3 rings (SSSR count). The number of hydrogen-bond acceptors (Lipinski definition) is 4. The Kier molecular flexibility index (Phi) is 7.54. The van der Waals surface area contributed by atoms with Crippen molar-refractivity contribution in [2.45, 2.75) is 26.8 Å². The molecular formula is C23H30N4O3. The summed E-state index contributed by atoms with van der Waals surface area (Å²) >= 11 is 0. The first-order valence-electron chi connectivity index (χ1n) is 10.4. The minimum Gasteiger partial charge on any atom is -0.454 e. The maximum atomic E-state index is 12.4. The molecule has 0 atom stereocenters. The number of ether oxygens (including phenoxy) is 2. The fraction of sp³-hybridized carbons (Fsp3) is 0.391. The Morgan fingerprint density at radius 3 is 2.40 bits per heavy atom. The van der Waals surface area contributed by atoms with Crippen molar-refractivity contribution in [1.29, 1.82) is 0 Å². The molecule has 30 heavy (non-hydrogen) atoms. The predicted octanol–water partition coefficient (Wildman–Crippen LogP) is 2.81. The first-order valence-corrected chi connectivity index (χ1v) is 10.4. The summed E-state index contributed by atoms with van der Waals surface area (Å²) in [6.45, 7) is 7.08. The van der Waals surface area contributed by atoms with Gasteiger partial charge in [0, 0.05) is 38.8 Å². The van der Waals surface area contributed by atoms with E-state index in [4.69, 9.17) is 9.47 Å². The lowest BCUT2D eigenvalue weighted by Crippen LogP contribution is -2.37. The molecule has 2 aromatic carbocycles. The third kappa shape index (κ3) is 5.43.